The van der Waals surface area contributed by atoms with E-state index in [4.69, 9.17) is 10.5 Å². The van der Waals surface area contributed by atoms with Gasteiger partial charge < -0.3 is 15.6 Å². The molecule has 8 nitrogen and oxygen atoms in total. The van der Waals surface area contributed by atoms with Crippen LogP contribution in [0.2, 0.25) is 0 Å². The number of aliphatic hydroxyl groups excluding tert-OH is 1. The number of allylic oxidation sites excluding steroid dienone is 3. The second-order valence-corrected chi connectivity index (χ2v) is 18.5. The molecule has 3 saturated carbocycles. The molecule has 8 atom stereocenters. The number of fused-ring (bicyclic) bond motifs is 7. The van der Waals surface area contributed by atoms with E-state index in [-0.39, 0.29) is 52.4 Å². The van der Waals surface area contributed by atoms with Crippen molar-refractivity contribution in [3.05, 3.63) is 29.1 Å². The number of hydrogen-bond donors (Lipinski definition) is 2. The van der Waals surface area contributed by atoms with E-state index >= 15 is 0 Å². The highest BCUT2D eigenvalue weighted by molar-refractivity contribution is 6.00. The largest absolute Gasteiger partial charge is 0.459 e. The summed E-state index contributed by atoms with van der Waals surface area (Å²) in [6.45, 7) is 22.6. The molecule has 1 aromatic rings. The fourth-order valence-corrected chi connectivity index (χ4v) is 12.4. The van der Waals surface area contributed by atoms with Gasteiger partial charge in [0.05, 0.1) is 12.3 Å². The number of nitrogens with zero attached hydrogens (tertiary/aromatic N) is 3. The molecule has 0 aromatic carbocycles. The minimum atomic E-state index is -0.675. The normalized spacial score (nSPS) is 38.7. The van der Waals surface area contributed by atoms with Crippen LogP contribution in [0.5, 0.6) is 0 Å². The van der Waals surface area contributed by atoms with Gasteiger partial charge >= 0.3 is 5.97 Å². The van der Waals surface area contributed by atoms with E-state index in [2.05, 4.69) is 64.9 Å². The predicted molar refractivity (Wildman–Crippen MR) is 184 cm³/mol. The third kappa shape index (κ3) is 4.96. The van der Waals surface area contributed by atoms with Gasteiger partial charge in [-0.25, -0.2) is 4.68 Å². The van der Waals surface area contributed by atoms with Crippen LogP contribution >= 0.6 is 0 Å². The van der Waals surface area contributed by atoms with Crippen molar-refractivity contribution >= 4 is 17.3 Å². The highest BCUT2D eigenvalue weighted by Gasteiger charge is 2.70. The second kappa shape index (κ2) is 11.1. The number of ether oxygens (including phenoxy) is 1. The summed E-state index contributed by atoms with van der Waals surface area (Å²) in [7, 11) is 0. The van der Waals surface area contributed by atoms with Gasteiger partial charge in [0.15, 0.2) is 5.78 Å². The Labute approximate surface area is 282 Å². The molecule has 1 aromatic heterocycles. The van der Waals surface area contributed by atoms with Crippen molar-refractivity contribution in [2.75, 3.05) is 6.54 Å². The van der Waals surface area contributed by atoms with E-state index in [0.717, 1.165) is 56.2 Å². The molecule has 6 rings (SSSR count). The maximum Gasteiger partial charge on any atom is 0.328 e. The number of carbonyl (C=O) groups excluding carboxylic acids is 2. The topological polar surface area (TPSA) is 120 Å². The number of hydrogen-bond acceptors (Lipinski definition) is 7. The number of Topliss-reactive ketones (excluding diaryl/α,β-unsaturated/α-hetero) is 1. The maximum absolute atomic E-state index is 13.7. The lowest BCUT2D eigenvalue weighted by Gasteiger charge is -2.71. The average Bonchev–Trinajstić information content (AvgIpc) is 3.53. The number of ketones is 1. The molecule has 260 valence electrons. The summed E-state index contributed by atoms with van der Waals surface area (Å²) >= 11 is 0. The Morgan fingerprint density at radius 1 is 1.06 bits per heavy atom. The molecule has 0 amide bonds. The van der Waals surface area contributed by atoms with Gasteiger partial charge in [-0.2, -0.15) is 0 Å². The number of aromatic nitrogens is 3. The van der Waals surface area contributed by atoms with Gasteiger partial charge in [-0.1, -0.05) is 65.3 Å². The average molecular weight is 649 g/mol. The lowest BCUT2D eigenvalue weighted by Crippen LogP contribution is -2.64. The van der Waals surface area contributed by atoms with Crippen LogP contribution in [0.4, 0.5) is 0 Å². The summed E-state index contributed by atoms with van der Waals surface area (Å²) in [6, 6.07) is 0. The summed E-state index contributed by atoms with van der Waals surface area (Å²) in [5.74, 6) is 1.39. The molecule has 5 aliphatic rings. The highest BCUT2D eigenvalue weighted by atomic mass is 16.6. The minimum absolute atomic E-state index is 0.0420. The van der Waals surface area contributed by atoms with Crippen molar-refractivity contribution < 1.29 is 19.4 Å². The molecule has 5 aliphatic carbocycles. The van der Waals surface area contributed by atoms with Crippen LogP contribution in [0.3, 0.4) is 0 Å². The maximum atomic E-state index is 13.7. The Morgan fingerprint density at radius 2 is 1.77 bits per heavy atom. The van der Waals surface area contributed by atoms with Crippen LogP contribution < -0.4 is 5.73 Å². The number of esters is 1. The molecule has 3 fully saturated rings. The molecule has 3 N–H and O–H groups in total. The van der Waals surface area contributed by atoms with Crippen LogP contribution in [-0.4, -0.2) is 50.1 Å². The monoisotopic (exact) mass is 648 g/mol. The van der Waals surface area contributed by atoms with Gasteiger partial charge in [-0.3, -0.25) is 9.59 Å². The highest BCUT2D eigenvalue weighted by Crippen LogP contribution is 2.77. The van der Waals surface area contributed by atoms with E-state index in [1.807, 2.05) is 27.0 Å². The molecule has 0 bridgehead atoms. The van der Waals surface area contributed by atoms with Crippen molar-refractivity contribution in [3.8, 4) is 0 Å². The summed E-state index contributed by atoms with van der Waals surface area (Å²) < 4.78 is 7.12. The van der Waals surface area contributed by atoms with Gasteiger partial charge in [-0.15, -0.1) is 5.10 Å². The van der Waals surface area contributed by atoms with Crippen LogP contribution in [0, 0.1) is 50.7 Å². The Morgan fingerprint density at radius 3 is 2.40 bits per heavy atom. The molecule has 0 radical (unpaired) electrons. The van der Waals surface area contributed by atoms with Crippen molar-refractivity contribution in [3.63, 3.8) is 0 Å². The molecule has 0 spiro atoms. The summed E-state index contributed by atoms with van der Waals surface area (Å²) in [5, 5.41) is 20.3. The molecule has 0 aliphatic heterocycles. The molecular weight excluding hydrogens is 588 g/mol. The van der Waals surface area contributed by atoms with Crippen LogP contribution in [-0.2, 0) is 20.9 Å². The molecule has 0 saturated heterocycles. The van der Waals surface area contributed by atoms with E-state index in [1.54, 1.807) is 4.68 Å². The Balaban J connectivity index is 1.33. The number of nitrogens with two attached hydrogens (primary N) is 1. The third-order valence-corrected chi connectivity index (χ3v) is 14.4. The standard InChI is InChI=1S/C39H60N4O4/c1-23(2)32-27(44)19-39(30(45)20-40)18-17-37(9)25(33(32)39)11-12-29-36(8)15-13-24(35(6,7)28(36)14-16-38(29,37)10)26-21-43(42-41-26)22-31(46)47-34(3,4)5/h13,21,23,25,28-30,45H,11-12,14-20,22,40H2,1-10H3/t25-,28+,29-,30+,36+,37-,38-,39+/m1/s1. The van der Waals surface area contributed by atoms with Crippen molar-refractivity contribution in [2.24, 2.45) is 56.5 Å². The van der Waals surface area contributed by atoms with Crippen LogP contribution in [0.1, 0.15) is 126 Å². The Bertz CT molecular complexity index is 1510. The first-order valence-corrected chi connectivity index (χ1v) is 18.2. The lowest BCUT2D eigenvalue weighted by molar-refractivity contribution is -0.200. The third-order valence-electron chi connectivity index (χ3n) is 14.4. The Kier molecular flexibility index (Phi) is 8.15. The van der Waals surface area contributed by atoms with E-state index in [1.165, 1.54) is 11.1 Å². The second-order valence-electron chi connectivity index (χ2n) is 18.5. The van der Waals surface area contributed by atoms with Crippen molar-refractivity contribution in [1.82, 2.24) is 15.0 Å². The summed E-state index contributed by atoms with van der Waals surface area (Å²) in [6.07, 6.45) is 11.4. The summed E-state index contributed by atoms with van der Waals surface area (Å²) in [5.41, 5.74) is 9.64. The zero-order valence-electron chi connectivity index (χ0n) is 30.7. The first-order valence-electron chi connectivity index (χ1n) is 18.2. The fraction of sp³-hybridized carbons (Fsp3) is 0.795. The quantitative estimate of drug-likeness (QED) is 0.322. The fourth-order valence-electron chi connectivity index (χ4n) is 12.4. The smallest absolute Gasteiger partial charge is 0.328 e. The van der Waals surface area contributed by atoms with Crippen molar-refractivity contribution in [1.29, 1.82) is 0 Å². The van der Waals surface area contributed by atoms with Crippen LogP contribution in [0.15, 0.2) is 23.4 Å². The number of aliphatic hydroxyl groups is 1. The zero-order chi connectivity index (χ0) is 34.5. The lowest BCUT2D eigenvalue weighted by atomic mass is 9.33. The van der Waals surface area contributed by atoms with E-state index < -0.39 is 17.1 Å². The molecule has 0 unspecified atom stereocenters. The van der Waals surface area contributed by atoms with E-state index in [9.17, 15) is 14.7 Å². The van der Waals surface area contributed by atoms with Crippen LogP contribution in [0.25, 0.3) is 5.57 Å². The first-order chi connectivity index (χ1) is 21.7. The molecule has 47 heavy (non-hydrogen) atoms. The molecular formula is C39H60N4O4. The van der Waals surface area contributed by atoms with E-state index in [0.29, 0.717) is 24.2 Å². The van der Waals surface area contributed by atoms with Gasteiger partial charge in [-0.05, 0) is 122 Å². The Hall–Kier alpha value is -2.32. The minimum Gasteiger partial charge on any atom is -0.459 e. The number of carbonyl (C=O) groups is 2. The van der Waals surface area contributed by atoms with Gasteiger partial charge in [0.1, 0.15) is 17.8 Å². The van der Waals surface area contributed by atoms with Crippen molar-refractivity contribution in [2.45, 2.75) is 139 Å². The van der Waals surface area contributed by atoms with Gasteiger partial charge in [0.2, 0.25) is 0 Å². The summed E-state index contributed by atoms with van der Waals surface area (Å²) in [4.78, 5) is 26.2. The zero-order valence-corrected chi connectivity index (χ0v) is 30.7. The molecule has 8 heteroatoms. The first kappa shape index (κ1) is 34.5. The SMILES string of the molecule is CC(C)C1=C2[C@H]3CC[C@@H]4[C@@]5(C)CC=C(c6cn(CC(=O)OC(C)(C)C)nn6)C(C)(C)[C@@H]5CC[C@@]4(C)[C@]3(C)CC[C@@]2([C@@H](O)CN)CC1=O. The predicted octanol–water partition coefficient (Wildman–Crippen LogP) is 6.91. The van der Waals surface area contributed by atoms with Gasteiger partial charge in [0.25, 0.3) is 0 Å². The van der Waals surface area contributed by atoms with Gasteiger partial charge in [0, 0.05) is 18.4 Å². The number of rotatable bonds is 6. The molecule has 1 heterocycles.